The summed E-state index contributed by atoms with van der Waals surface area (Å²) in [6.07, 6.45) is 0.865. The maximum Gasteiger partial charge on any atom is 0.198 e. The largest absolute Gasteiger partial charge is 0.312 e. The van der Waals surface area contributed by atoms with Gasteiger partial charge in [-0.15, -0.1) is 0 Å². The van der Waals surface area contributed by atoms with Gasteiger partial charge in [0.15, 0.2) is 7.28 Å². The number of rotatable bonds is 5. The van der Waals surface area contributed by atoms with Gasteiger partial charge in [0.05, 0.1) is 5.41 Å². The first-order valence-corrected chi connectivity index (χ1v) is 19.5. The third-order valence-electron chi connectivity index (χ3n) is 12.1. The van der Waals surface area contributed by atoms with Gasteiger partial charge in [-0.3, -0.25) is 0 Å². The quantitative estimate of drug-likeness (QED) is 0.161. The van der Waals surface area contributed by atoms with E-state index >= 15 is 0 Å². The molecule has 0 N–H and O–H groups in total. The Balaban J connectivity index is 1.32. The first-order chi connectivity index (χ1) is 27.0. The van der Waals surface area contributed by atoms with Gasteiger partial charge in [-0.05, 0) is 130 Å². The smallest absolute Gasteiger partial charge is 0.198 e. The SMILES string of the molecule is Cc1cc(C)c(-c2cc(-c3cccc4c3Cc3ccccc3C4(c3ccccc3)c3ccccc3)c3c(c2)N(c2ccccc2)c2ccccc2B3)c(C)c1. The maximum atomic E-state index is 2.52. The van der Waals surface area contributed by atoms with E-state index in [2.05, 4.69) is 208 Å². The molecule has 0 amide bonds. The van der Waals surface area contributed by atoms with Crippen molar-refractivity contribution in [2.24, 2.45) is 0 Å². The first-order valence-electron chi connectivity index (χ1n) is 19.5. The first kappa shape index (κ1) is 33.2. The highest BCUT2D eigenvalue weighted by molar-refractivity contribution is 6.73. The highest BCUT2D eigenvalue weighted by atomic mass is 15.1. The van der Waals surface area contributed by atoms with Crippen LogP contribution in [-0.4, -0.2) is 7.28 Å². The summed E-state index contributed by atoms with van der Waals surface area (Å²) >= 11 is 0. The van der Waals surface area contributed by atoms with Crippen molar-refractivity contribution in [1.29, 1.82) is 0 Å². The second kappa shape index (κ2) is 13.2. The molecule has 0 aromatic heterocycles. The number of hydrogen-bond donors (Lipinski definition) is 0. The van der Waals surface area contributed by atoms with Crippen molar-refractivity contribution in [2.75, 3.05) is 4.90 Å². The van der Waals surface area contributed by atoms with Gasteiger partial charge in [0.1, 0.15) is 0 Å². The number of aryl methyl sites for hydroxylation is 3. The molecule has 0 atom stereocenters. The Morgan fingerprint density at radius 1 is 0.509 bits per heavy atom. The predicted octanol–water partition coefficient (Wildman–Crippen LogP) is 11.4. The van der Waals surface area contributed by atoms with Crippen molar-refractivity contribution < 1.29 is 0 Å². The van der Waals surface area contributed by atoms with Crippen LogP contribution in [0, 0.1) is 20.8 Å². The average Bonchev–Trinajstić information content (AvgIpc) is 3.22. The summed E-state index contributed by atoms with van der Waals surface area (Å²) in [5, 5.41) is 0. The lowest BCUT2D eigenvalue weighted by atomic mass is 9.56. The summed E-state index contributed by atoms with van der Waals surface area (Å²) < 4.78 is 0. The Labute approximate surface area is 325 Å². The van der Waals surface area contributed by atoms with Crippen LogP contribution in [0.3, 0.4) is 0 Å². The highest BCUT2D eigenvalue weighted by Crippen LogP contribution is 2.53. The van der Waals surface area contributed by atoms with Crippen LogP contribution in [0.1, 0.15) is 50.1 Å². The van der Waals surface area contributed by atoms with Crippen LogP contribution in [0.15, 0.2) is 182 Å². The van der Waals surface area contributed by atoms with Gasteiger partial charge < -0.3 is 4.90 Å². The van der Waals surface area contributed by atoms with Crippen LogP contribution in [0.5, 0.6) is 0 Å². The molecule has 0 fully saturated rings. The van der Waals surface area contributed by atoms with E-state index in [0.717, 1.165) is 13.7 Å². The zero-order chi connectivity index (χ0) is 37.1. The van der Waals surface area contributed by atoms with E-state index in [1.807, 2.05) is 0 Å². The number of nitrogens with zero attached hydrogens (tertiary/aromatic N) is 1. The summed E-state index contributed by atoms with van der Waals surface area (Å²) in [4.78, 5) is 2.50. The minimum Gasteiger partial charge on any atom is -0.312 e. The summed E-state index contributed by atoms with van der Waals surface area (Å²) in [7, 11) is 0.860. The molecule has 8 aromatic carbocycles. The summed E-state index contributed by atoms with van der Waals surface area (Å²) in [6.45, 7) is 6.75. The fourth-order valence-corrected chi connectivity index (χ4v) is 10.0. The monoisotopic (exact) mass is 703 g/mol. The molecule has 0 saturated heterocycles. The number of para-hydroxylation sites is 2. The number of anilines is 3. The second-order valence-electron chi connectivity index (χ2n) is 15.4. The molecule has 0 saturated carbocycles. The lowest BCUT2D eigenvalue weighted by Gasteiger charge is -2.43. The van der Waals surface area contributed by atoms with Crippen molar-refractivity contribution in [3.8, 4) is 22.3 Å². The molecule has 2 heteroatoms. The number of fused-ring (bicyclic) bond motifs is 4. The van der Waals surface area contributed by atoms with Crippen LogP contribution in [0.25, 0.3) is 22.3 Å². The van der Waals surface area contributed by atoms with Crippen molar-refractivity contribution in [2.45, 2.75) is 32.6 Å². The van der Waals surface area contributed by atoms with E-state index in [1.54, 1.807) is 0 Å². The normalized spacial score (nSPS) is 13.5. The Kier molecular flexibility index (Phi) is 7.96. The summed E-state index contributed by atoms with van der Waals surface area (Å²) in [5.41, 5.74) is 23.1. The number of benzene rings is 8. The van der Waals surface area contributed by atoms with E-state index in [9.17, 15) is 0 Å². The van der Waals surface area contributed by atoms with E-state index in [4.69, 9.17) is 0 Å². The summed E-state index contributed by atoms with van der Waals surface area (Å²) in [5.74, 6) is 0. The molecule has 1 nitrogen and oxygen atoms in total. The Morgan fingerprint density at radius 2 is 1.11 bits per heavy atom. The molecule has 0 unspecified atom stereocenters. The molecular weight excluding hydrogens is 661 g/mol. The molecular formula is C53H42BN. The van der Waals surface area contributed by atoms with Crippen LogP contribution in [-0.2, 0) is 11.8 Å². The van der Waals surface area contributed by atoms with Crippen molar-refractivity contribution in [3.05, 3.63) is 232 Å². The van der Waals surface area contributed by atoms with Crippen molar-refractivity contribution in [3.63, 3.8) is 0 Å². The van der Waals surface area contributed by atoms with E-state index < -0.39 is 5.41 Å². The fourth-order valence-electron chi connectivity index (χ4n) is 10.0. The van der Waals surface area contributed by atoms with Crippen LogP contribution in [0.2, 0.25) is 0 Å². The van der Waals surface area contributed by atoms with E-state index in [1.165, 1.54) is 100 Å². The molecule has 1 heterocycles. The van der Waals surface area contributed by atoms with Gasteiger partial charge in [-0.25, -0.2) is 0 Å². The molecule has 262 valence electrons. The zero-order valence-corrected chi connectivity index (χ0v) is 31.7. The molecule has 2 aliphatic rings. The van der Waals surface area contributed by atoms with E-state index in [0.29, 0.717) is 0 Å². The molecule has 0 bridgehead atoms. The van der Waals surface area contributed by atoms with Gasteiger partial charge >= 0.3 is 0 Å². The lowest BCUT2D eigenvalue weighted by molar-refractivity contribution is 0.704. The van der Waals surface area contributed by atoms with Crippen molar-refractivity contribution >= 4 is 35.3 Å². The van der Waals surface area contributed by atoms with E-state index in [-0.39, 0.29) is 0 Å². The third kappa shape index (κ3) is 5.23. The van der Waals surface area contributed by atoms with Gasteiger partial charge in [0.25, 0.3) is 0 Å². The molecule has 8 aromatic rings. The zero-order valence-electron chi connectivity index (χ0n) is 31.7. The third-order valence-corrected chi connectivity index (χ3v) is 12.1. The van der Waals surface area contributed by atoms with Crippen LogP contribution >= 0.6 is 0 Å². The minimum absolute atomic E-state index is 0.479. The molecule has 1 aliphatic carbocycles. The Bertz CT molecular complexity index is 2670. The van der Waals surface area contributed by atoms with Crippen LogP contribution in [0.4, 0.5) is 17.1 Å². The minimum atomic E-state index is -0.479. The predicted molar refractivity (Wildman–Crippen MR) is 234 cm³/mol. The van der Waals surface area contributed by atoms with Crippen LogP contribution < -0.4 is 15.8 Å². The Morgan fingerprint density at radius 3 is 1.82 bits per heavy atom. The van der Waals surface area contributed by atoms with Gasteiger partial charge in [0, 0.05) is 17.1 Å². The number of hydrogen-bond acceptors (Lipinski definition) is 1. The molecule has 0 radical (unpaired) electrons. The lowest BCUT2D eigenvalue weighted by Crippen LogP contribution is -2.41. The molecule has 55 heavy (non-hydrogen) atoms. The molecule has 1 aliphatic heterocycles. The molecule has 10 rings (SSSR count). The second-order valence-corrected chi connectivity index (χ2v) is 15.4. The molecule has 0 spiro atoms. The standard InChI is InChI=1S/C53H42BN/c1-35-30-36(2)51(37(3)31-35)39-33-45(52-50(34-39)55(42-23-11-6-12-24-42)49-29-16-15-28-48(49)54-52)43-25-17-27-47-44(43)32-38-18-13-14-26-46(38)53(47,40-19-7-4-8-20-40)41-21-9-5-10-22-41/h4-31,33-34,54H,32H2,1-3H3. The van der Waals surface area contributed by atoms with Crippen molar-refractivity contribution in [1.82, 2.24) is 0 Å². The van der Waals surface area contributed by atoms with Gasteiger partial charge in [0.2, 0.25) is 0 Å². The van der Waals surface area contributed by atoms with Gasteiger partial charge in [-0.1, -0.05) is 163 Å². The fraction of sp³-hybridized carbons (Fsp3) is 0.0943. The Hall–Kier alpha value is -6.38. The summed E-state index contributed by atoms with van der Waals surface area (Å²) in [6, 6.07) is 68.2. The highest BCUT2D eigenvalue weighted by Gasteiger charge is 2.44. The average molecular weight is 704 g/mol. The van der Waals surface area contributed by atoms with Gasteiger partial charge in [-0.2, -0.15) is 0 Å². The maximum absolute atomic E-state index is 2.52. The topological polar surface area (TPSA) is 3.24 Å².